The van der Waals surface area contributed by atoms with Crippen LogP contribution in [-0.2, 0) is 11.2 Å². The van der Waals surface area contributed by atoms with E-state index in [2.05, 4.69) is 5.32 Å². The van der Waals surface area contributed by atoms with Crippen molar-refractivity contribution in [1.82, 2.24) is 4.90 Å². The molecule has 4 rings (SSSR count). The highest BCUT2D eigenvalue weighted by Crippen LogP contribution is 2.28. The Morgan fingerprint density at radius 2 is 1.88 bits per heavy atom. The highest BCUT2D eigenvalue weighted by atomic mass is 19.1. The number of anilines is 1. The third-order valence-corrected chi connectivity index (χ3v) is 5.18. The SMILES string of the molecule is CN(CCOc1ccccc1F)C(=O)c1cccc(NC(=O)C2Cc3ccccc3O2)c1. The minimum Gasteiger partial charge on any atom is -0.489 e. The summed E-state index contributed by atoms with van der Waals surface area (Å²) in [5.41, 5.74) is 1.93. The lowest BCUT2D eigenvalue weighted by molar-refractivity contribution is -0.122. The number of benzene rings is 3. The first kappa shape index (κ1) is 21.4. The van der Waals surface area contributed by atoms with Crippen LogP contribution in [0.1, 0.15) is 15.9 Å². The van der Waals surface area contributed by atoms with E-state index in [-0.39, 0.29) is 30.7 Å². The number of nitrogens with zero attached hydrogens (tertiary/aromatic N) is 1. The Labute approximate surface area is 185 Å². The molecule has 7 heteroatoms. The molecule has 0 saturated heterocycles. The number of fused-ring (bicyclic) bond motifs is 1. The van der Waals surface area contributed by atoms with Gasteiger partial charge in [0.25, 0.3) is 11.8 Å². The average Bonchev–Trinajstić information content (AvgIpc) is 3.24. The van der Waals surface area contributed by atoms with E-state index < -0.39 is 11.9 Å². The molecule has 164 valence electrons. The molecular weight excluding hydrogens is 411 g/mol. The van der Waals surface area contributed by atoms with Crippen LogP contribution in [0, 0.1) is 5.82 Å². The molecule has 2 amide bonds. The summed E-state index contributed by atoms with van der Waals surface area (Å²) in [4.78, 5) is 26.9. The minimum atomic E-state index is -0.607. The number of para-hydroxylation sites is 2. The van der Waals surface area contributed by atoms with E-state index in [0.29, 0.717) is 17.7 Å². The van der Waals surface area contributed by atoms with Gasteiger partial charge in [-0.3, -0.25) is 9.59 Å². The van der Waals surface area contributed by atoms with Crippen molar-refractivity contribution in [1.29, 1.82) is 0 Å². The standard InChI is InChI=1S/C25H23FN2O4/c1-28(13-14-31-22-12-5-3-10-20(22)26)25(30)18-8-6-9-19(15-18)27-24(29)23-16-17-7-2-4-11-21(17)32-23/h2-12,15,23H,13-14,16H2,1H3,(H,27,29). The lowest BCUT2D eigenvalue weighted by atomic mass is 10.1. The number of ether oxygens (including phenoxy) is 2. The van der Waals surface area contributed by atoms with Crippen molar-refractivity contribution < 1.29 is 23.5 Å². The summed E-state index contributed by atoms with van der Waals surface area (Å²) in [6.45, 7) is 0.428. The molecule has 1 atom stereocenters. The number of hydrogen-bond acceptors (Lipinski definition) is 4. The van der Waals surface area contributed by atoms with Gasteiger partial charge in [-0.05, 0) is 42.0 Å². The highest BCUT2D eigenvalue weighted by molar-refractivity contribution is 5.98. The van der Waals surface area contributed by atoms with Crippen LogP contribution in [0.2, 0.25) is 0 Å². The molecule has 32 heavy (non-hydrogen) atoms. The number of nitrogens with one attached hydrogen (secondary N) is 1. The van der Waals surface area contributed by atoms with E-state index in [1.54, 1.807) is 43.4 Å². The van der Waals surface area contributed by atoms with Gasteiger partial charge in [0.2, 0.25) is 0 Å². The van der Waals surface area contributed by atoms with Crippen LogP contribution in [0.4, 0.5) is 10.1 Å². The van der Waals surface area contributed by atoms with Gasteiger partial charge in [0, 0.05) is 24.7 Å². The van der Waals surface area contributed by atoms with Crippen LogP contribution in [0.15, 0.2) is 72.8 Å². The maximum Gasteiger partial charge on any atom is 0.265 e. The Balaban J connectivity index is 1.32. The Hall–Kier alpha value is -3.87. The Morgan fingerprint density at radius 1 is 1.09 bits per heavy atom. The van der Waals surface area contributed by atoms with Gasteiger partial charge in [0.05, 0.1) is 6.54 Å². The maximum atomic E-state index is 13.6. The average molecular weight is 434 g/mol. The van der Waals surface area contributed by atoms with Crippen molar-refractivity contribution in [2.75, 3.05) is 25.5 Å². The van der Waals surface area contributed by atoms with Crippen molar-refractivity contribution in [2.45, 2.75) is 12.5 Å². The van der Waals surface area contributed by atoms with Gasteiger partial charge in [-0.1, -0.05) is 36.4 Å². The zero-order valence-electron chi connectivity index (χ0n) is 17.6. The molecule has 6 nitrogen and oxygen atoms in total. The molecule has 0 saturated carbocycles. The number of carbonyl (C=O) groups excluding carboxylic acids is 2. The highest BCUT2D eigenvalue weighted by Gasteiger charge is 2.28. The predicted molar refractivity (Wildman–Crippen MR) is 118 cm³/mol. The summed E-state index contributed by atoms with van der Waals surface area (Å²) in [6.07, 6.45) is -0.101. The summed E-state index contributed by atoms with van der Waals surface area (Å²) < 4.78 is 24.8. The fraction of sp³-hybridized carbons (Fsp3) is 0.200. The molecule has 1 aliphatic heterocycles. The molecule has 0 fully saturated rings. The number of halogens is 1. The van der Waals surface area contributed by atoms with Gasteiger partial charge in [-0.25, -0.2) is 4.39 Å². The van der Waals surface area contributed by atoms with Crippen LogP contribution >= 0.6 is 0 Å². The molecular formula is C25H23FN2O4. The quantitative estimate of drug-likeness (QED) is 0.612. The molecule has 0 radical (unpaired) electrons. The van der Waals surface area contributed by atoms with Crippen LogP contribution in [0.3, 0.4) is 0 Å². The first-order chi connectivity index (χ1) is 15.5. The number of likely N-dealkylation sites (N-methyl/N-ethyl adjacent to an activating group) is 1. The third-order valence-electron chi connectivity index (χ3n) is 5.18. The normalized spacial score (nSPS) is 14.2. The van der Waals surface area contributed by atoms with Crippen LogP contribution in [0.5, 0.6) is 11.5 Å². The Morgan fingerprint density at radius 3 is 2.69 bits per heavy atom. The molecule has 1 N–H and O–H groups in total. The summed E-state index contributed by atoms with van der Waals surface area (Å²) in [5.74, 6) is -0.0791. The summed E-state index contributed by atoms with van der Waals surface area (Å²) in [6, 6.07) is 20.4. The molecule has 1 aliphatic rings. The van der Waals surface area contributed by atoms with Crippen molar-refractivity contribution in [3.05, 3.63) is 89.7 Å². The van der Waals surface area contributed by atoms with Gasteiger partial charge in [0.15, 0.2) is 17.7 Å². The second-order valence-electron chi connectivity index (χ2n) is 7.49. The molecule has 3 aromatic carbocycles. The second-order valence-corrected chi connectivity index (χ2v) is 7.49. The molecule has 0 aliphatic carbocycles. The van der Waals surface area contributed by atoms with Crippen LogP contribution < -0.4 is 14.8 Å². The molecule has 1 heterocycles. The van der Waals surface area contributed by atoms with E-state index in [9.17, 15) is 14.0 Å². The van der Waals surface area contributed by atoms with Crippen LogP contribution in [-0.4, -0.2) is 43.0 Å². The smallest absolute Gasteiger partial charge is 0.265 e. The van der Waals surface area contributed by atoms with Crippen LogP contribution in [0.25, 0.3) is 0 Å². The summed E-state index contributed by atoms with van der Waals surface area (Å²) >= 11 is 0. The van der Waals surface area contributed by atoms with Crippen molar-refractivity contribution in [2.24, 2.45) is 0 Å². The van der Waals surface area contributed by atoms with Gasteiger partial charge in [-0.2, -0.15) is 0 Å². The zero-order valence-corrected chi connectivity index (χ0v) is 17.6. The lowest BCUT2D eigenvalue weighted by Gasteiger charge is -2.18. The maximum absolute atomic E-state index is 13.6. The largest absolute Gasteiger partial charge is 0.489 e. The van der Waals surface area contributed by atoms with Gasteiger partial charge in [0.1, 0.15) is 12.4 Å². The molecule has 0 bridgehead atoms. The first-order valence-corrected chi connectivity index (χ1v) is 10.3. The predicted octanol–water partition coefficient (Wildman–Crippen LogP) is 3.92. The summed E-state index contributed by atoms with van der Waals surface area (Å²) in [7, 11) is 1.64. The minimum absolute atomic E-state index is 0.148. The fourth-order valence-electron chi connectivity index (χ4n) is 3.46. The topological polar surface area (TPSA) is 67.9 Å². The molecule has 3 aromatic rings. The van der Waals surface area contributed by atoms with Gasteiger partial charge >= 0.3 is 0 Å². The number of carbonyl (C=O) groups is 2. The lowest BCUT2D eigenvalue weighted by Crippen LogP contribution is -2.32. The van der Waals surface area contributed by atoms with Crippen molar-refractivity contribution >= 4 is 17.5 Å². The molecule has 1 unspecified atom stereocenters. The van der Waals surface area contributed by atoms with E-state index in [0.717, 1.165) is 11.3 Å². The first-order valence-electron chi connectivity index (χ1n) is 10.3. The molecule has 0 spiro atoms. The Kier molecular flexibility index (Phi) is 6.35. The van der Waals surface area contributed by atoms with E-state index in [1.807, 2.05) is 24.3 Å². The zero-order chi connectivity index (χ0) is 22.5. The Bertz CT molecular complexity index is 1110. The monoisotopic (exact) mass is 434 g/mol. The number of rotatable bonds is 7. The fourth-order valence-corrected chi connectivity index (χ4v) is 3.46. The van der Waals surface area contributed by atoms with Gasteiger partial charge < -0.3 is 19.7 Å². The number of hydrogen-bond donors (Lipinski definition) is 1. The van der Waals surface area contributed by atoms with Gasteiger partial charge in [-0.15, -0.1) is 0 Å². The van der Waals surface area contributed by atoms with E-state index >= 15 is 0 Å². The van der Waals surface area contributed by atoms with E-state index in [1.165, 1.54) is 17.0 Å². The van der Waals surface area contributed by atoms with E-state index in [4.69, 9.17) is 9.47 Å². The number of amides is 2. The second kappa shape index (κ2) is 9.51. The van der Waals surface area contributed by atoms with Crippen molar-refractivity contribution in [3.63, 3.8) is 0 Å². The molecule has 0 aromatic heterocycles. The summed E-state index contributed by atoms with van der Waals surface area (Å²) in [5, 5.41) is 2.82. The van der Waals surface area contributed by atoms with Crippen molar-refractivity contribution in [3.8, 4) is 11.5 Å². The third kappa shape index (κ3) is 4.88.